The number of nitrogens with zero attached hydrogens (tertiary/aromatic N) is 4. The Morgan fingerprint density at radius 2 is 1.34 bits per heavy atom. The SMILES string of the molecule is CCN(CC)CCCC(O)NC(C(=O)N1CCC[C@H]1c1ncc(-c2ccc(-c3ccc(-c4ccc([C@@H]5CCCN5C(=O)Cc5ccccc5)s4)cc3)cc2)s1)c1ccccc1. The molecule has 2 aliphatic rings. The van der Waals surface area contributed by atoms with Crippen LogP contribution in [0.25, 0.3) is 32.0 Å². The van der Waals surface area contributed by atoms with E-state index >= 15 is 0 Å². The molecule has 4 aromatic carbocycles. The molecular weight excluding hydrogens is 795 g/mol. The first-order valence-corrected chi connectivity index (χ1v) is 23.6. The van der Waals surface area contributed by atoms with Crippen molar-refractivity contribution in [3.05, 3.63) is 149 Å². The Morgan fingerprint density at radius 3 is 2.02 bits per heavy atom. The predicted octanol–water partition coefficient (Wildman–Crippen LogP) is 10.5. The van der Waals surface area contributed by atoms with Crippen molar-refractivity contribution in [3.8, 4) is 32.0 Å². The lowest BCUT2D eigenvalue weighted by molar-refractivity contribution is -0.135. The number of carbonyl (C=O) groups is 2. The normalized spacial score (nSPS) is 17.6. The number of hydrogen-bond donors (Lipinski definition) is 2. The van der Waals surface area contributed by atoms with E-state index in [1.807, 2.05) is 71.8 Å². The number of amides is 2. The number of thiophene rings is 1. The molecule has 4 heterocycles. The summed E-state index contributed by atoms with van der Waals surface area (Å²) < 4.78 is 0. The molecule has 4 atom stereocenters. The molecule has 0 aliphatic carbocycles. The van der Waals surface area contributed by atoms with E-state index in [9.17, 15) is 14.7 Å². The van der Waals surface area contributed by atoms with Gasteiger partial charge in [-0.05, 0) is 104 Å². The number of thiazole rings is 1. The summed E-state index contributed by atoms with van der Waals surface area (Å²) in [6.07, 6.45) is 6.85. The Morgan fingerprint density at radius 1 is 0.738 bits per heavy atom. The van der Waals surface area contributed by atoms with Crippen LogP contribution in [-0.2, 0) is 16.0 Å². The van der Waals surface area contributed by atoms with Crippen molar-refractivity contribution in [2.24, 2.45) is 0 Å². The number of benzene rings is 4. The average Bonchev–Trinajstić information content (AvgIpc) is 4.15. The molecule has 8 nitrogen and oxygen atoms in total. The molecule has 2 aliphatic heterocycles. The second-order valence-corrected chi connectivity index (χ2v) is 18.4. The maximum Gasteiger partial charge on any atom is 0.244 e. The van der Waals surface area contributed by atoms with Crippen LogP contribution in [0, 0.1) is 0 Å². The number of aromatic nitrogens is 1. The monoisotopic (exact) mass is 851 g/mol. The van der Waals surface area contributed by atoms with Gasteiger partial charge in [0.25, 0.3) is 0 Å². The fourth-order valence-corrected chi connectivity index (χ4v) is 11.1. The summed E-state index contributed by atoms with van der Waals surface area (Å²) in [7, 11) is 0. The number of nitrogens with one attached hydrogen (secondary N) is 1. The zero-order valence-electron chi connectivity index (χ0n) is 35.3. The van der Waals surface area contributed by atoms with Gasteiger partial charge in [0.2, 0.25) is 11.8 Å². The van der Waals surface area contributed by atoms with E-state index < -0.39 is 12.3 Å². The smallest absolute Gasteiger partial charge is 0.244 e. The molecular formula is C51H57N5O3S2. The lowest BCUT2D eigenvalue weighted by Gasteiger charge is -2.30. The van der Waals surface area contributed by atoms with E-state index in [1.165, 1.54) is 15.3 Å². The third kappa shape index (κ3) is 10.2. The molecule has 6 aromatic rings. The number of hydrogen-bond acceptors (Lipinski definition) is 8. The highest BCUT2D eigenvalue weighted by Gasteiger charge is 2.37. The highest BCUT2D eigenvalue weighted by Crippen LogP contribution is 2.41. The maximum absolute atomic E-state index is 14.3. The number of rotatable bonds is 17. The van der Waals surface area contributed by atoms with Gasteiger partial charge in [-0.3, -0.25) is 14.9 Å². The largest absolute Gasteiger partial charge is 0.379 e. The van der Waals surface area contributed by atoms with Gasteiger partial charge in [-0.2, -0.15) is 0 Å². The van der Waals surface area contributed by atoms with Gasteiger partial charge in [-0.1, -0.05) is 123 Å². The zero-order chi connectivity index (χ0) is 42.1. The van der Waals surface area contributed by atoms with E-state index in [0.29, 0.717) is 19.4 Å². The Hall–Kier alpha value is -4.97. The van der Waals surface area contributed by atoms with Gasteiger partial charge in [0.15, 0.2) is 0 Å². The quantitative estimate of drug-likeness (QED) is 0.0889. The first-order valence-electron chi connectivity index (χ1n) is 22.0. The molecule has 2 amide bonds. The molecule has 2 saturated heterocycles. The van der Waals surface area contributed by atoms with E-state index in [2.05, 4.69) is 89.6 Å². The van der Waals surface area contributed by atoms with Gasteiger partial charge in [0.1, 0.15) is 17.3 Å². The molecule has 0 radical (unpaired) electrons. The van der Waals surface area contributed by atoms with Gasteiger partial charge in [0.05, 0.1) is 23.4 Å². The minimum absolute atomic E-state index is 0.0189. The highest BCUT2D eigenvalue weighted by molar-refractivity contribution is 7.15. The molecule has 316 valence electrons. The fraction of sp³-hybridized carbons (Fsp3) is 0.353. The molecule has 0 saturated carbocycles. The fourth-order valence-electron chi connectivity index (χ4n) is 8.88. The van der Waals surface area contributed by atoms with Gasteiger partial charge in [0, 0.05) is 29.0 Å². The molecule has 8 rings (SSSR count). The van der Waals surface area contributed by atoms with Crippen LogP contribution in [-0.4, -0.2) is 75.6 Å². The molecule has 2 N–H and O–H groups in total. The van der Waals surface area contributed by atoms with Crippen molar-refractivity contribution in [3.63, 3.8) is 0 Å². The van der Waals surface area contributed by atoms with E-state index in [0.717, 1.165) is 96.0 Å². The van der Waals surface area contributed by atoms with E-state index in [-0.39, 0.29) is 23.9 Å². The van der Waals surface area contributed by atoms with Crippen LogP contribution in [0.4, 0.5) is 0 Å². The Labute approximate surface area is 368 Å². The lowest BCUT2D eigenvalue weighted by atomic mass is 10.0. The summed E-state index contributed by atoms with van der Waals surface area (Å²) in [5.41, 5.74) is 6.51. The van der Waals surface area contributed by atoms with Crippen LogP contribution >= 0.6 is 22.7 Å². The summed E-state index contributed by atoms with van der Waals surface area (Å²) in [4.78, 5) is 42.5. The van der Waals surface area contributed by atoms with E-state index in [1.54, 1.807) is 22.7 Å². The lowest BCUT2D eigenvalue weighted by Crippen LogP contribution is -2.44. The van der Waals surface area contributed by atoms with Crippen LogP contribution in [0.1, 0.15) is 91.5 Å². The van der Waals surface area contributed by atoms with Gasteiger partial charge in [-0.15, -0.1) is 22.7 Å². The summed E-state index contributed by atoms with van der Waals surface area (Å²) in [5.74, 6) is 0.187. The van der Waals surface area contributed by atoms with Crippen LogP contribution in [0.2, 0.25) is 0 Å². The minimum atomic E-state index is -0.787. The van der Waals surface area contributed by atoms with Crippen molar-refractivity contribution < 1.29 is 14.7 Å². The van der Waals surface area contributed by atoms with Crippen molar-refractivity contribution in [1.29, 1.82) is 0 Å². The molecule has 0 spiro atoms. The summed E-state index contributed by atoms with van der Waals surface area (Å²) in [6.45, 7) is 8.69. The second-order valence-electron chi connectivity index (χ2n) is 16.2. The zero-order valence-corrected chi connectivity index (χ0v) is 36.9. The Bertz CT molecular complexity index is 2330. The predicted molar refractivity (Wildman–Crippen MR) is 249 cm³/mol. The first-order chi connectivity index (χ1) is 29.9. The van der Waals surface area contributed by atoms with E-state index in [4.69, 9.17) is 4.98 Å². The van der Waals surface area contributed by atoms with Crippen molar-refractivity contribution in [2.45, 2.75) is 83.1 Å². The average molecular weight is 852 g/mol. The standard InChI is InChI=1S/C51H57N5O3S2/c1-3-54(4-2)31-13-20-47(57)53-49(41-16-9-6-10-17-41)51(59)56-33-12-19-43(56)50-52-35-46(61-50)40-27-23-38(24-28-40)37-21-25-39(26-22-37)44-29-30-45(60-44)42-18-11-32-55(42)48(58)34-36-14-7-5-8-15-36/h5-10,14-17,21-30,35,42-43,47,49,53,57H,3-4,11-13,18-20,31-34H2,1-2H3/t42-,43-,47?,49?/m0/s1. The number of likely N-dealkylation sites (tertiary alicyclic amines) is 2. The molecule has 10 heteroatoms. The molecule has 61 heavy (non-hydrogen) atoms. The first kappa shape index (κ1) is 42.7. The molecule has 2 fully saturated rings. The summed E-state index contributed by atoms with van der Waals surface area (Å²) in [6, 6.07) is 41.1. The van der Waals surface area contributed by atoms with Crippen LogP contribution in [0.15, 0.2) is 128 Å². The van der Waals surface area contributed by atoms with Gasteiger partial charge < -0.3 is 19.8 Å². The third-order valence-corrected chi connectivity index (χ3v) is 14.7. The van der Waals surface area contributed by atoms with Crippen LogP contribution in [0.3, 0.4) is 0 Å². The van der Waals surface area contributed by atoms with Gasteiger partial charge >= 0.3 is 0 Å². The minimum Gasteiger partial charge on any atom is -0.379 e. The van der Waals surface area contributed by atoms with Crippen molar-refractivity contribution in [1.82, 2.24) is 25.0 Å². The Balaban J connectivity index is 0.899. The molecule has 0 bridgehead atoms. The number of aliphatic hydroxyl groups excluding tert-OH is 1. The van der Waals surface area contributed by atoms with Crippen molar-refractivity contribution >= 4 is 34.5 Å². The third-order valence-electron chi connectivity index (χ3n) is 12.3. The molecule has 2 unspecified atom stereocenters. The van der Waals surface area contributed by atoms with Crippen molar-refractivity contribution in [2.75, 3.05) is 32.7 Å². The topological polar surface area (TPSA) is 89.0 Å². The second kappa shape index (κ2) is 20.3. The van der Waals surface area contributed by atoms with Gasteiger partial charge in [-0.25, -0.2) is 4.98 Å². The summed E-state index contributed by atoms with van der Waals surface area (Å²) >= 11 is 3.45. The van der Waals surface area contributed by atoms with Crippen LogP contribution < -0.4 is 5.32 Å². The molecule has 2 aromatic heterocycles. The summed E-state index contributed by atoms with van der Waals surface area (Å²) in [5, 5.41) is 15.3. The number of aliphatic hydroxyl groups is 1. The Kier molecular flexibility index (Phi) is 14.2. The highest BCUT2D eigenvalue weighted by atomic mass is 32.1. The number of carbonyl (C=O) groups excluding carboxylic acids is 2. The van der Waals surface area contributed by atoms with Crippen LogP contribution in [0.5, 0.6) is 0 Å². The maximum atomic E-state index is 14.3.